The summed E-state index contributed by atoms with van der Waals surface area (Å²) in [6.45, 7) is 0. The van der Waals surface area contributed by atoms with E-state index in [1.807, 2.05) is 53.0 Å². The molecule has 0 aliphatic heterocycles. The zero-order valence-corrected chi connectivity index (χ0v) is 17.1. The summed E-state index contributed by atoms with van der Waals surface area (Å²) >= 11 is 3.20. The fourth-order valence-electron chi connectivity index (χ4n) is 2.86. The van der Waals surface area contributed by atoms with Gasteiger partial charge in [0.15, 0.2) is 10.8 Å². The molecule has 0 atom stereocenters. The predicted octanol–water partition coefficient (Wildman–Crippen LogP) is 4.54. The molecular formula is C20H16N6OS2. The van der Waals surface area contributed by atoms with Crippen LogP contribution in [0.25, 0.3) is 26.9 Å². The number of H-pyrrole nitrogens is 1. The summed E-state index contributed by atoms with van der Waals surface area (Å²) in [6, 6.07) is 20.0. The van der Waals surface area contributed by atoms with Crippen molar-refractivity contribution in [3.63, 3.8) is 0 Å². The van der Waals surface area contributed by atoms with Crippen LogP contribution in [-0.4, -0.2) is 37.1 Å². The smallest absolute Gasteiger partial charge is 0.235 e. The molecule has 3 aromatic heterocycles. The Morgan fingerprint density at radius 1 is 1.07 bits per heavy atom. The third-order valence-electron chi connectivity index (χ3n) is 4.36. The van der Waals surface area contributed by atoms with Crippen molar-refractivity contribution in [3.8, 4) is 27.7 Å². The van der Waals surface area contributed by atoms with Gasteiger partial charge in [0.2, 0.25) is 4.96 Å². The molecule has 2 aromatic carbocycles. The second-order valence-corrected chi connectivity index (χ2v) is 8.22. The van der Waals surface area contributed by atoms with Crippen molar-refractivity contribution in [2.24, 2.45) is 0 Å². The van der Waals surface area contributed by atoms with Crippen LogP contribution in [0.2, 0.25) is 0 Å². The van der Waals surface area contributed by atoms with Gasteiger partial charge in [-0.1, -0.05) is 29.5 Å². The van der Waals surface area contributed by atoms with Crippen LogP contribution in [0, 0.1) is 0 Å². The maximum Gasteiger partial charge on any atom is 0.235 e. The highest BCUT2D eigenvalue weighted by molar-refractivity contribution is 7.98. The summed E-state index contributed by atoms with van der Waals surface area (Å²) in [6.07, 6.45) is 0. The molecule has 5 aromatic rings. The lowest BCUT2D eigenvalue weighted by Crippen LogP contribution is -1.94. The van der Waals surface area contributed by atoms with Gasteiger partial charge in [-0.3, -0.25) is 5.10 Å². The van der Waals surface area contributed by atoms with Gasteiger partial charge in [-0.25, -0.2) is 0 Å². The third kappa shape index (κ3) is 3.62. The minimum Gasteiger partial charge on any atom is -0.497 e. The highest BCUT2D eigenvalue weighted by Gasteiger charge is 2.15. The van der Waals surface area contributed by atoms with Gasteiger partial charge in [0, 0.05) is 10.5 Å². The number of nitrogens with zero attached hydrogens (tertiary/aromatic N) is 5. The topological polar surface area (TPSA) is 81.0 Å². The molecule has 0 aliphatic rings. The quantitative estimate of drug-likeness (QED) is 0.406. The van der Waals surface area contributed by atoms with Crippen LogP contribution in [0.3, 0.4) is 0 Å². The van der Waals surface area contributed by atoms with E-state index >= 15 is 0 Å². The van der Waals surface area contributed by atoms with Gasteiger partial charge >= 0.3 is 0 Å². The largest absolute Gasteiger partial charge is 0.497 e. The molecule has 3 heterocycles. The Morgan fingerprint density at radius 3 is 2.69 bits per heavy atom. The molecule has 0 spiro atoms. The minimum atomic E-state index is 0.703. The monoisotopic (exact) mass is 420 g/mol. The van der Waals surface area contributed by atoms with Crippen molar-refractivity contribution in [1.29, 1.82) is 0 Å². The number of aromatic nitrogens is 6. The van der Waals surface area contributed by atoms with Gasteiger partial charge in [0.05, 0.1) is 24.3 Å². The second-order valence-electron chi connectivity index (χ2n) is 6.21. The van der Waals surface area contributed by atoms with E-state index in [9.17, 15) is 0 Å². The van der Waals surface area contributed by atoms with Crippen molar-refractivity contribution in [2.75, 3.05) is 7.11 Å². The fraction of sp³-hybridized carbons (Fsp3) is 0.100. The average molecular weight is 421 g/mol. The number of hydrogen-bond donors (Lipinski definition) is 1. The van der Waals surface area contributed by atoms with Crippen LogP contribution in [0.1, 0.15) is 5.82 Å². The summed E-state index contributed by atoms with van der Waals surface area (Å²) < 4.78 is 7.02. The van der Waals surface area contributed by atoms with Gasteiger partial charge in [-0.2, -0.15) is 14.7 Å². The Labute approximate surface area is 174 Å². The first-order valence-electron chi connectivity index (χ1n) is 8.89. The Kier molecular flexibility index (Phi) is 4.74. The normalized spacial score (nSPS) is 11.2. The maximum atomic E-state index is 5.21. The Bertz CT molecular complexity index is 1240. The number of fused-ring (bicyclic) bond motifs is 1. The number of nitrogens with one attached hydrogen (secondary N) is 1. The summed E-state index contributed by atoms with van der Waals surface area (Å²) in [5.74, 6) is 2.35. The highest BCUT2D eigenvalue weighted by atomic mass is 32.2. The van der Waals surface area contributed by atoms with Crippen LogP contribution in [0.5, 0.6) is 5.75 Å². The molecule has 0 fully saturated rings. The minimum absolute atomic E-state index is 0.703. The molecule has 1 N–H and O–H groups in total. The zero-order chi connectivity index (χ0) is 19.6. The van der Waals surface area contributed by atoms with Crippen LogP contribution < -0.4 is 4.74 Å². The van der Waals surface area contributed by atoms with Gasteiger partial charge in [0.1, 0.15) is 5.75 Å². The molecule has 5 rings (SSSR count). The van der Waals surface area contributed by atoms with Crippen molar-refractivity contribution in [1.82, 2.24) is 30.0 Å². The van der Waals surface area contributed by atoms with E-state index in [1.54, 1.807) is 18.9 Å². The first-order chi connectivity index (χ1) is 14.3. The SMILES string of the molecule is COc1ccc(-c2cc(-c3nn4c(CSc5ccccc5)nnc4s3)[nH]n2)cc1. The van der Waals surface area contributed by atoms with E-state index in [4.69, 9.17) is 9.84 Å². The molecule has 9 heteroatoms. The summed E-state index contributed by atoms with van der Waals surface area (Å²) in [4.78, 5) is 1.96. The highest BCUT2D eigenvalue weighted by Crippen LogP contribution is 2.29. The Hall–Kier alpha value is -3.17. The number of aromatic amines is 1. The summed E-state index contributed by atoms with van der Waals surface area (Å²) in [5.41, 5.74) is 2.72. The van der Waals surface area contributed by atoms with Crippen LogP contribution in [0.4, 0.5) is 0 Å². The van der Waals surface area contributed by atoms with Crippen LogP contribution in [0.15, 0.2) is 65.6 Å². The third-order valence-corrected chi connectivity index (χ3v) is 6.30. The lowest BCUT2D eigenvalue weighted by Gasteiger charge is -1.99. The molecule has 0 aliphatic carbocycles. The summed E-state index contributed by atoms with van der Waals surface area (Å²) in [7, 11) is 1.65. The van der Waals surface area contributed by atoms with E-state index in [0.29, 0.717) is 5.75 Å². The zero-order valence-electron chi connectivity index (χ0n) is 15.4. The lowest BCUT2D eigenvalue weighted by molar-refractivity contribution is 0.415. The van der Waals surface area contributed by atoms with Gasteiger partial charge < -0.3 is 4.74 Å². The first-order valence-corrected chi connectivity index (χ1v) is 10.7. The Morgan fingerprint density at radius 2 is 1.90 bits per heavy atom. The van der Waals surface area contributed by atoms with Crippen molar-refractivity contribution < 1.29 is 4.74 Å². The molecule has 0 amide bonds. The standard InChI is InChI=1S/C20H16N6OS2/c1-27-14-9-7-13(8-10-14)16-11-17(22-21-16)19-25-26-18(23-24-20(26)29-19)12-28-15-5-3-2-4-6-15/h2-11H,12H2,1H3,(H,21,22). The first kappa shape index (κ1) is 17.9. The number of ether oxygens (including phenoxy) is 1. The molecule has 0 bridgehead atoms. The van der Waals surface area contributed by atoms with Crippen molar-refractivity contribution >= 4 is 28.1 Å². The molecule has 0 unspecified atom stereocenters. The predicted molar refractivity (Wildman–Crippen MR) is 114 cm³/mol. The molecule has 29 heavy (non-hydrogen) atoms. The number of benzene rings is 2. The number of rotatable bonds is 6. The average Bonchev–Trinajstić information content (AvgIpc) is 3.49. The van der Waals surface area contributed by atoms with E-state index in [1.165, 1.54) is 16.2 Å². The molecule has 7 nitrogen and oxygen atoms in total. The van der Waals surface area contributed by atoms with E-state index in [-0.39, 0.29) is 0 Å². The maximum absolute atomic E-state index is 5.21. The number of methoxy groups -OCH3 is 1. The van der Waals surface area contributed by atoms with Crippen molar-refractivity contribution in [2.45, 2.75) is 10.6 Å². The van der Waals surface area contributed by atoms with Gasteiger partial charge in [-0.15, -0.1) is 22.0 Å². The van der Waals surface area contributed by atoms with Crippen molar-refractivity contribution in [3.05, 3.63) is 66.5 Å². The molecular weight excluding hydrogens is 404 g/mol. The second kappa shape index (κ2) is 7.69. The van der Waals surface area contributed by atoms with Crippen LogP contribution in [-0.2, 0) is 5.75 Å². The van der Waals surface area contributed by atoms with E-state index in [0.717, 1.165) is 38.5 Å². The molecule has 0 saturated carbocycles. The number of thioether (sulfide) groups is 1. The molecule has 0 radical (unpaired) electrons. The Balaban J connectivity index is 1.38. The van der Waals surface area contributed by atoms with Gasteiger partial charge in [-0.05, 0) is 42.5 Å². The van der Waals surface area contributed by atoms with E-state index in [2.05, 4.69) is 32.5 Å². The lowest BCUT2D eigenvalue weighted by atomic mass is 10.1. The number of hydrogen-bond acceptors (Lipinski definition) is 7. The molecule has 0 saturated heterocycles. The van der Waals surface area contributed by atoms with E-state index < -0.39 is 0 Å². The summed E-state index contributed by atoms with van der Waals surface area (Å²) in [5, 5.41) is 21.6. The fourth-order valence-corrected chi connectivity index (χ4v) is 4.51. The van der Waals surface area contributed by atoms with Gasteiger partial charge in [0.25, 0.3) is 0 Å². The van der Waals surface area contributed by atoms with Crippen LogP contribution >= 0.6 is 23.1 Å². The molecule has 144 valence electrons.